The summed E-state index contributed by atoms with van der Waals surface area (Å²) < 4.78 is 0. The minimum atomic E-state index is -0.352. The van der Waals surface area contributed by atoms with Crippen LogP contribution in [-0.4, -0.2) is 36.4 Å². The van der Waals surface area contributed by atoms with Crippen molar-refractivity contribution in [3.05, 3.63) is 60.7 Å². The number of hydrogen-bond donors (Lipinski definition) is 0. The highest BCUT2D eigenvalue weighted by molar-refractivity contribution is 7.73. The zero-order chi connectivity index (χ0) is 18.1. The normalized spacial score (nSPS) is 12.2. The molecule has 0 saturated carbocycles. The van der Waals surface area contributed by atoms with Crippen molar-refractivity contribution in [1.29, 1.82) is 0 Å². The van der Waals surface area contributed by atoms with Crippen LogP contribution in [0, 0.1) is 0 Å². The first-order chi connectivity index (χ1) is 12.1. The second kappa shape index (κ2) is 10.8. The molecule has 0 aliphatic heterocycles. The molecule has 0 unspecified atom stereocenters. The van der Waals surface area contributed by atoms with E-state index in [2.05, 4.69) is 94.6 Å². The standard InChI is InChI=1S/C22H31NP2/c1-19(2)24(20(3)4)17-15-23-16-18-25(21-11-7-5-8-12-21)22-13-9-6-10-14-22/h5-14,16,19-20H,15,17-18H2,1-4H3. The minimum absolute atomic E-state index is 0.0933. The van der Waals surface area contributed by atoms with Crippen LogP contribution in [0.4, 0.5) is 0 Å². The molecule has 0 atom stereocenters. The maximum absolute atomic E-state index is 4.77. The van der Waals surface area contributed by atoms with E-state index in [0.717, 1.165) is 24.0 Å². The van der Waals surface area contributed by atoms with Crippen LogP contribution in [-0.2, 0) is 0 Å². The fourth-order valence-corrected chi connectivity index (χ4v) is 7.73. The van der Waals surface area contributed by atoms with E-state index in [1.807, 2.05) is 0 Å². The largest absolute Gasteiger partial charge is 0.297 e. The zero-order valence-corrected chi connectivity index (χ0v) is 17.8. The number of benzene rings is 2. The lowest BCUT2D eigenvalue weighted by Crippen LogP contribution is -2.14. The molecule has 2 aromatic carbocycles. The lowest BCUT2D eigenvalue weighted by molar-refractivity contribution is 0.984. The van der Waals surface area contributed by atoms with Gasteiger partial charge in [-0.15, -0.1) is 0 Å². The van der Waals surface area contributed by atoms with Gasteiger partial charge in [-0.2, -0.15) is 0 Å². The molecule has 0 N–H and O–H groups in total. The third-order valence-electron chi connectivity index (χ3n) is 4.34. The van der Waals surface area contributed by atoms with Gasteiger partial charge in [0, 0.05) is 18.9 Å². The molecule has 25 heavy (non-hydrogen) atoms. The average molecular weight is 371 g/mol. The smallest absolute Gasteiger partial charge is 0.0424 e. The molecule has 134 valence electrons. The second-order valence-electron chi connectivity index (χ2n) is 6.80. The fourth-order valence-electron chi connectivity index (χ4n) is 3.09. The van der Waals surface area contributed by atoms with Gasteiger partial charge in [0.15, 0.2) is 0 Å². The summed E-state index contributed by atoms with van der Waals surface area (Å²) in [5.41, 5.74) is 1.60. The van der Waals surface area contributed by atoms with Gasteiger partial charge in [-0.25, -0.2) is 0 Å². The van der Waals surface area contributed by atoms with Crippen LogP contribution in [0.5, 0.6) is 0 Å². The molecule has 0 heterocycles. The number of rotatable bonds is 9. The molecular weight excluding hydrogens is 340 g/mol. The zero-order valence-electron chi connectivity index (χ0n) is 16.0. The topological polar surface area (TPSA) is 12.4 Å². The van der Waals surface area contributed by atoms with Crippen molar-refractivity contribution in [1.82, 2.24) is 0 Å². The summed E-state index contributed by atoms with van der Waals surface area (Å²) in [5.74, 6) is 0. The van der Waals surface area contributed by atoms with Gasteiger partial charge in [-0.1, -0.05) is 96.3 Å². The molecule has 0 aliphatic carbocycles. The SMILES string of the molecule is CC(C)P(CCN=CCP(c1ccccc1)c1ccccc1)C(C)C. The minimum Gasteiger partial charge on any atom is -0.297 e. The van der Waals surface area contributed by atoms with E-state index in [1.54, 1.807) is 0 Å². The van der Waals surface area contributed by atoms with Crippen LogP contribution < -0.4 is 10.6 Å². The Morgan fingerprint density at radius 2 is 1.28 bits per heavy atom. The Kier molecular flexibility index (Phi) is 8.80. The highest BCUT2D eigenvalue weighted by atomic mass is 31.1. The Bertz CT molecular complexity index is 575. The van der Waals surface area contributed by atoms with Gasteiger partial charge in [-0.3, -0.25) is 4.99 Å². The van der Waals surface area contributed by atoms with E-state index >= 15 is 0 Å². The van der Waals surface area contributed by atoms with Gasteiger partial charge in [0.1, 0.15) is 0 Å². The van der Waals surface area contributed by atoms with Crippen molar-refractivity contribution < 1.29 is 0 Å². The summed E-state index contributed by atoms with van der Waals surface area (Å²) in [6.45, 7) is 10.4. The molecule has 0 aliphatic rings. The van der Waals surface area contributed by atoms with E-state index in [4.69, 9.17) is 4.99 Å². The monoisotopic (exact) mass is 371 g/mol. The molecular formula is C22H31NP2. The van der Waals surface area contributed by atoms with Crippen LogP contribution in [0.25, 0.3) is 0 Å². The lowest BCUT2D eigenvalue weighted by Gasteiger charge is -2.24. The van der Waals surface area contributed by atoms with Crippen LogP contribution in [0.15, 0.2) is 65.7 Å². The first-order valence-corrected chi connectivity index (χ1v) is 12.4. The average Bonchev–Trinajstić information content (AvgIpc) is 2.62. The third kappa shape index (κ3) is 6.65. The Morgan fingerprint density at radius 1 is 0.800 bits per heavy atom. The first-order valence-electron chi connectivity index (χ1n) is 9.21. The Morgan fingerprint density at radius 3 is 1.72 bits per heavy atom. The summed E-state index contributed by atoms with van der Waals surface area (Å²) in [6, 6.07) is 21.8. The molecule has 0 aromatic heterocycles. The highest BCUT2D eigenvalue weighted by Gasteiger charge is 2.15. The van der Waals surface area contributed by atoms with Gasteiger partial charge in [0.25, 0.3) is 0 Å². The molecule has 0 radical (unpaired) electrons. The number of nitrogens with zero attached hydrogens (tertiary/aromatic N) is 1. The Balaban J connectivity index is 1.99. The lowest BCUT2D eigenvalue weighted by atomic mass is 10.4. The van der Waals surface area contributed by atoms with E-state index in [1.165, 1.54) is 16.8 Å². The summed E-state index contributed by atoms with van der Waals surface area (Å²) in [4.78, 5) is 4.77. The van der Waals surface area contributed by atoms with Gasteiger partial charge in [-0.05, 0) is 36.0 Å². The molecule has 3 heteroatoms. The van der Waals surface area contributed by atoms with Gasteiger partial charge in [0.2, 0.25) is 0 Å². The van der Waals surface area contributed by atoms with Crippen molar-refractivity contribution >= 4 is 32.7 Å². The summed E-state index contributed by atoms with van der Waals surface area (Å²) in [7, 11) is -0.258. The van der Waals surface area contributed by atoms with Crippen LogP contribution in [0.1, 0.15) is 27.7 Å². The van der Waals surface area contributed by atoms with Gasteiger partial charge >= 0.3 is 0 Å². The van der Waals surface area contributed by atoms with Crippen LogP contribution in [0.3, 0.4) is 0 Å². The summed E-state index contributed by atoms with van der Waals surface area (Å²) in [5, 5.41) is 2.86. The fraction of sp³-hybridized carbons (Fsp3) is 0.409. The van der Waals surface area contributed by atoms with Crippen LogP contribution >= 0.6 is 15.8 Å². The molecule has 0 fully saturated rings. The molecule has 0 spiro atoms. The Hall–Kier alpha value is -1.03. The third-order valence-corrected chi connectivity index (χ3v) is 10.1. The van der Waals surface area contributed by atoms with Gasteiger partial charge in [0.05, 0.1) is 0 Å². The maximum atomic E-state index is 4.77. The molecule has 0 saturated heterocycles. The summed E-state index contributed by atoms with van der Waals surface area (Å²) in [6.07, 6.45) is 4.47. The highest BCUT2D eigenvalue weighted by Crippen LogP contribution is 2.45. The number of hydrogen-bond acceptors (Lipinski definition) is 1. The van der Waals surface area contributed by atoms with Crippen molar-refractivity contribution in [3.8, 4) is 0 Å². The van der Waals surface area contributed by atoms with E-state index < -0.39 is 0 Å². The predicted octanol–water partition coefficient (Wildman–Crippen LogP) is 5.49. The Labute approximate surface area is 156 Å². The van der Waals surface area contributed by atoms with E-state index in [-0.39, 0.29) is 15.8 Å². The molecule has 2 rings (SSSR count). The van der Waals surface area contributed by atoms with Gasteiger partial charge < -0.3 is 0 Å². The number of aliphatic imine (C=N–C) groups is 1. The summed E-state index contributed by atoms with van der Waals surface area (Å²) >= 11 is 0. The molecule has 0 bridgehead atoms. The molecule has 1 nitrogen and oxygen atoms in total. The van der Waals surface area contributed by atoms with Crippen molar-refractivity contribution in [2.75, 3.05) is 18.9 Å². The quantitative estimate of drug-likeness (QED) is 0.408. The maximum Gasteiger partial charge on any atom is 0.0424 e. The molecule has 0 amide bonds. The second-order valence-corrected chi connectivity index (χ2v) is 12.6. The predicted molar refractivity (Wildman–Crippen MR) is 119 cm³/mol. The molecule has 2 aromatic rings. The van der Waals surface area contributed by atoms with E-state index in [9.17, 15) is 0 Å². The van der Waals surface area contributed by atoms with E-state index in [0.29, 0.717) is 0 Å². The van der Waals surface area contributed by atoms with Crippen molar-refractivity contribution in [3.63, 3.8) is 0 Å². The van der Waals surface area contributed by atoms with Crippen LogP contribution in [0.2, 0.25) is 0 Å². The first kappa shape index (κ1) is 20.3. The van der Waals surface area contributed by atoms with Crippen molar-refractivity contribution in [2.45, 2.75) is 39.0 Å². The van der Waals surface area contributed by atoms with Crippen molar-refractivity contribution in [2.24, 2.45) is 4.99 Å².